The molecule has 0 aromatic heterocycles. The predicted octanol–water partition coefficient (Wildman–Crippen LogP) is 2.03. The van der Waals surface area contributed by atoms with E-state index in [1.807, 2.05) is 6.92 Å². The van der Waals surface area contributed by atoms with Crippen LogP contribution in [0.3, 0.4) is 0 Å². The van der Waals surface area contributed by atoms with E-state index in [9.17, 15) is 9.90 Å². The Labute approximate surface area is 94.5 Å². The molecule has 0 bridgehead atoms. The third-order valence-electron chi connectivity index (χ3n) is 2.61. The fourth-order valence-corrected chi connectivity index (χ4v) is 1.69. The van der Waals surface area contributed by atoms with Crippen molar-refractivity contribution >= 4 is 5.97 Å². The summed E-state index contributed by atoms with van der Waals surface area (Å²) in [4.78, 5) is 10.5. The van der Waals surface area contributed by atoms with Gasteiger partial charge in [0.1, 0.15) is 0 Å². The smallest absolute Gasteiger partial charge is 0.303 e. The zero-order chi connectivity index (χ0) is 12.3. The van der Waals surface area contributed by atoms with E-state index in [4.69, 9.17) is 9.84 Å². The second-order valence-electron chi connectivity index (χ2n) is 3.75. The summed E-state index contributed by atoms with van der Waals surface area (Å²) in [6.07, 6.45) is 0.521. The Morgan fingerprint density at radius 1 is 1.44 bits per heavy atom. The number of phenols is 1. The molecule has 16 heavy (non-hydrogen) atoms. The van der Waals surface area contributed by atoms with Gasteiger partial charge in [-0.2, -0.15) is 0 Å². The highest BCUT2D eigenvalue weighted by atomic mass is 16.5. The molecular formula is C12H16O4. The van der Waals surface area contributed by atoms with Crippen molar-refractivity contribution in [1.82, 2.24) is 0 Å². The third-order valence-corrected chi connectivity index (χ3v) is 2.61. The van der Waals surface area contributed by atoms with Gasteiger partial charge in [0.05, 0.1) is 7.11 Å². The molecule has 0 aliphatic carbocycles. The number of rotatable bonds is 4. The van der Waals surface area contributed by atoms with Crippen LogP contribution in [0.15, 0.2) is 6.07 Å². The molecule has 2 N–H and O–H groups in total. The third kappa shape index (κ3) is 2.45. The summed E-state index contributed by atoms with van der Waals surface area (Å²) >= 11 is 0. The molecule has 1 aromatic rings. The SMILES string of the molecule is COc1c(C)c(CCC(=O)O)cc(C)c1O. The van der Waals surface area contributed by atoms with Crippen LogP contribution in [0.25, 0.3) is 0 Å². The lowest BCUT2D eigenvalue weighted by Gasteiger charge is -2.13. The van der Waals surface area contributed by atoms with Gasteiger partial charge in [-0.15, -0.1) is 0 Å². The van der Waals surface area contributed by atoms with Gasteiger partial charge < -0.3 is 14.9 Å². The number of carbonyl (C=O) groups is 1. The standard InChI is InChI=1S/C12H16O4/c1-7-6-9(4-5-10(13)14)8(2)12(16-3)11(7)15/h6,15H,4-5H2,1-3H3,(H,13,14). The van der Waals surface area contributed by atoms with Crippen molar-refractivity contribution in [3.8, 4) is 11.5 Å². The Kier molecular flexibility index (Phi) is 3.77. The first-order valence-corrected chi connectivity index (χ1v) is 5.05. The van der Waals surface area contributed by atoms with Crippen LogP contribution in [0.1, 0.15) is 23.1 Å². The van der Waals surface area contributed by atoms with E-state index in [1.54, 1.807) is 13.0 Å². The maximum Gasteiger partial charge on any atom is 0.303 e. The highest BCUT2D eigenvalue weighted by Gasteiger charge is 2.13. The van der Waals surface area contributed by atoms with E-state index in [0.717, 1.165) is 11.1 Å². The van der Waals surface area contributed by atoms with Crippen molar-refractivity contribution in [2.24, 2.45) is 0 Å². The van der Waals surface area contributed by atoms with E-state index in [1.165, 1.54) is 7.11 Å². The van der Waals surface area contributed by atoms with Gasteiger partial charge in [0.25, 0.3) is 0 Å². The van der Waals surface area contributed by atoms with Gasteiger partial charge >= 0.3 is 5.97 Å². The molecule has 0 heterocycles. The highest BCUT2D eigenvalue weighted by molar-refractivity contribution is 5.67. The number of carboxylic acid groups (broad SMARTS) is 1. The maximum atomic E-state index is 10.5. The number of carboxylic acids is 1. The molecule has 1 aromatic carbocycles. The number of aliphatic carboxylic acids is 1. The Bertz CT molecular complexity index is 410. The molecule has 0 aliphatic rings. The first kappa shape index (κ1) is 12.4. The van der Waals surface area contributed by atoms with Crippen LogP contribution in [0.5, 0.6) is 11.5 Å². The number of hydrogen-bond donors (Lipinski definition) is 2. The number of aryl methyl sites for hydroxylation is 2. The van der Waals surface area contributed by atoms with Crippen LogP contribution in [0.4, 0.5) is 0 Å². The lowest BCUT2D eigenvalue weighted by molar-refractivity contribution is -0.136. The van der Waals surface area contributed by atoms with Crippen molar-refractivity contribution in [1.29, 1.82) is 0 Å². The molecule has 88 valence electrons. The second-order valence-corrected chi connectivity index (χ2v) is 3.75. The maximum absolute atomic E-state index is 10.5. The Morgan fingerprint density at radius 3 is 2.56 bits per heavy atom. The fourth-order valence-electron chi connectivity index (χ4n) is 1.69. The quantitative estimate of drug-likeness (QED) is 0.821. The Morgan fingerprint density at radius 2 is 2.06 bits per heavy atom. The first-order chi connectivity index (χ1) is 7.47. The van der Waals surface area contributed by atoms with Crippen LogP contribution in [0.2, 0.25) is 0 Å². The summed E-state index contributed by atoms with van der Waals surface area (Å²) in [5.41, 5.74) is 2.39. The molecule has 0 fully saturated rings. The van der Waals surface area contributed by atoms with Gasteiger partial charge in [0, 0.05) is 6.42 Å². The summed E-state index contributed by atoms with van der Waals surface area (Å²) in [6.45, 7) is 3.58. The molecule has 0 unspecified atom stereocenters. The molecule has 0 saturated carbocycles. The monoisotopic (exact) mass is 224 g/mol. The summed E-state index contributed by atoms with van der Waals surface area (Å²) in [5, 5.41) is 18.4. The van der Waals surface area contributed by atoms with Crippen LogP contribution in [-0.2, 0) is 11.2 Å². The number of benzene rings is 1. The first-order valence-electron chi connectivity index (χ1n) is 5.05. The Hall–Kier alpha value is -1.71. The topological polar surface area (TPSA) is 66.8 Å². The molecule has 4 heteroatoms. The normalized spacial score (nSPS) is 10.2. The average molecular weight is 224 g/mol. The van der Waals surface area contributed by atoms with Crippen molar-refractivity contribution in [2.45, 2.75) is 26.7 Å². The summed E-state index contributed by atoms with van der Waals surface area (Å²) < 4.78 is 5.11. The van der Waals surface area contributed by atoms with Crippen LogP contribution >= 0.6 is 0 Å². The van der Waals surface area contributed by atoms with Crippen molar-refractivity contribution in [2.75, 3.05) is 7.11 Å². The zero-order valence-corrected chi connectivity index (χ0v) is 9.70. The largest absolute Gasteiger partial charge is 0.504 e. The molecule has 0 aliphatic heterocycles. The van der Waals surface area contributed by atoms with E-state index >= 15 is 0 Å². The lowest BCUT2D eigenvalue weighted by Crippen LogP contribution is -2.01. The van der Waals surface area contributed by atoms with Gasteiger partial charge in [0.15, 0.2) is 11.5 Å². The van der Waals surface area contributed by atoms with E-state index in [-0.39, 0.29) is 12.2 Å². The highest BCUT2D eigenvalue weighted by Crippen LogP contribution is 2.35. The molecule has 0 saturated heterocycles. The van der Waals surface area contributed by atoms with E-state index < -0.39 is 5.97 Å². The van der Waals surface area contributed by atoms with Crippen molar-refractivity contribution in [3.63, 3.8) is 0 Å². The molecular weight excluding hydrogens is 208 g/mol. The molecule has 0 atom stereocenters. The minimum absolute atomic E-state index is 0.0776. The second kappa shape index (κ2) is 4.88. The molecule has 0 radical (unpaired) electrons. The molecule has 0 amide bonds. The van der Waals surface area contributed by atoms with Crippen molar-refractivity contribution < 1.29 is 19.7 Å². The lowest BCUT2D eigenvalue weighted by atomic mass is 9.99. The van der Waals surface area contributed by atoms with Crippen LogP contribution < -0.4 is 4.74 Å². The van der Waals surface area contributed by atoms with Crippen LogP contribution in [0, 0.1) is 13.8 Å². The number of ether oxygens (including phenoxy) is 1. The van der Waals surface area contributed by atoms with Crippen molar-refractivity contribution in [3.05, 3.63) is 22.8 Å². The summed E-state index contributed by atoms with van der Waals surface area (Å²) in [6, 6.07) is 1.80. The van der Waals surface area contributed by atoms with E-state index in [2.05, 4.69) is 0 Å². The Balaban J connectivity index is 3.10. The number of hydrogen-bond acceptors (Lipinski definition) is 3. The minimum Gasteiger partial charge on any atom is -0.504 e. The predicted molar refractivity (Wildman–Crippen MR) is 60.1 cm³/mol. The van der Waals surface area contributed by atoms with Gasteiger partial charge in [-0.1, -0.05) is 6.07 Å². The van der Waals surface area contributed by atoms with Gasteiger partial charge in [0.2, 0.25) is 0 Å². The molecule has 4 nitrogen and oxygen atoms in total. The van der Waals surface area contributed by atoms with E-state index in [0.29, 0.717) is 17.7 Å². The molecule has 0 spiro atoms. The number of phenolic OH excluding ortho intramolecular Hbond substituents is 1. The number of aromatic hydroxyl groups is 1. The fraction of sp³-hybridized carbons (Fsp3) is 0.417. The van der Waals surface area contributed by atoms with Gasteiger partial charge in [-0.05, 0) is 37.0 Å². The van der Waals surface area contributed by atoms with Gasteiger partial charge in [-0.3, -0.25) is 4.79 Å². The minimum atomic E-state index is -0.830. The molecule has 1 rings (SSSR count). The summed E-state index contributed by atoms with van der Waals surface area (Å²) in [5.74, 6) is -0.274. The summed E-state index contributed by atoms with van der Waals surface area (Å²) in [7, 11) is 1.49. The zero-order valence-electron chi connectivity index (χ0n) is 9.70. The number of methoxy groups -OCH3 is 1. The average Bonchev–Trinajstić information content (AvgIpc) is 2.22. The van der Waals surface area contributed by atoms with Crippen LogP contribution in [-0.4, -0.2) is 23.3 Å². The van der Waals surface area contributed by atoms with Gasteiger partial charge in [-0.25, -0.2) is 0 Å².